The third-order valence-corrected chi connectivity index (χ3v) is 2.48. The number of hydrazone groups is 1. The molecule has 112 valence electrons. The molecule has 2 N–H and O–H groups in total. The van der Waals surface area contributed by atoms with E-state index >= 15 is 0 Å². The molecule has 1 aromatic heterocycles. The number of hydrogen-bond acceptors (Lipinski definition) is 5. The van der Waals surface area contributed by atoms with Crippen LogP contribution in [0.3, 0.4) is 0 Å². The maximum atomic E-state index is 10.7. The first-order chi connectivity index (χ1) is 10.5. The molecule has 22 heavy (non-hydrogen) atoms. The predicted octanol–water partition coefficient (Wildman–Crippen LogP) is 1.78. The molecule has 1 aromatic carbocycles. The number of benzene rings is 1. The van der Waals surface area contributed by atoms with Crippen LogP contribution in [0, 0.1) is 20.2 Å². The molecule has 0 aliphatic rings. The van der Waals surface area contributed by atoms with Gasteiger partial charge in [-0.05, 0) is 12.1 Å². The van der Waals surface area contributed by atoms with E-state index in [4.69, 9.17) is 10.2 Å². The van der Waals surface area contributed by atoms with Crippen molar-refractivity contribution in [1.82, 2.24) is 0 Å². The van der Waals surface area contributed by atoms with Crippen LogP contribution in [0.15, 0.2) is 50.9 Å². The fourth-order valence-corrected chi connectivity index (χ4v) is 1.59. The Bertz CT molecular complexity index is 780. The molecule has 10 nitrogen and oxygen atoms in total. The minimum Gasteiger partial charge on any atom is -0.455 e. The van der Waals surface area contributed by atoms with Gasteiger partial charge in [-0.25, -0.2) is 15.1 Å². The summed E-state index contributed by atoms with van der Waals surface area (Å²) in [5.41, 5.74) is 5.64. The maximum absolute atomic E-state index is 10.7. The Morgan fingerprint density at radius 1 is 1.23 bits per heavy atom. The largest absolute Gasteiger partial charge is 0.455 e. The van der Waals surface area contributed by atoms with E-state index < -0.39 is 15.9 Å². The van der Waals surface area contributed by atoms with Crippen LogP contribution in [-0.2, 0) is 0 Å². The van der Waals surface area contributed by atoms with E-state index in [0.717, 1.165) is 6.21 Å². The summed E-state index contributed by atoms with van der Waals surface area (Å²) >= 11 is 0. The predicted molar refractivity (Wildman–Crippen MR) is 77.0 cm³/mol. The number of nitro benzene ring substituents is 1. The standard InChI is InChI=1S/C12H9N5O5/c13-12(15-17(20)21)14-7-10-4-5-11(22-10)8-2-1-3-9(6-8)16(18)19/h1-7H,(H2,13,15)/b14-7+. The van der Waals surface area contributed by atoms with E-state index in [2.05, 4.69) is 10.1 Å². The quantitative estimate of drug-likeness (QED) is 0.393. The molecule has 0 saturated heterocycles. The lowest BCUT2D eigenvalue weighted by Crippen LogP contribution is -2.10. The third-order valence-electron chi connectivity index (χ3n) is 2.48. The zero-order valence-corrected chi connectivity index (χ0v) is 10.9. The van der Waals surface area contributed by atoms with Gasteiger partial charge >= 0.3 is 0 Å². The Hall–Kier alpha value is -3.56. The second kappa shape index (κ2) is 6.26. The van der Waals surface area contributed by atoms with E-state index in [-0.39, 0.29) is 11.4 Å². The zero-order valence-electron chi connectivity index (χ0n) is 10.9. The van der Waals surface area contributed by atoms with Crippen LogP contribution in [0.5, 0.6) is 0 Å². The molecular formula is C12H9N5O5. The summed E-state index contributed by atoms with van der Waals surface area (Å²) in [5, 5.41) is 22.6. The first kappa shape index (κ1) is 14.8. The molecule has 0 atom stereocenters. The second-order valence-corrected chi connectivity index (χ2v) is 3.96. The van der Waals surface area contributed by atoms with Gasteiger partial charge in [0.15, 0.2) is 5.03 Å². The van der Waals surface area contributed by atoms with Crippen molar-refractivity contribution in [2.45, 2.75) is 0 Å². The summed E-state index contributed by atoms with van der Waals surface area (Å²) in [6.07, 6.45) is 1.16. The van der Waals surface area contributed by atoms with Crippen molar-refractivity contribution in [1.29, 1.82) is 0 Å². The van der Waals surface area contributed by atoms with Gasteiger partial charge in [0, 0.05) is 17.7 Å². The third kappa shape index (κ3) is 3.72. The molecule has 0 fully saturated rings. The smallest absolute Gasteiger partial charge is 0.292 e. The fraction of sp³-hybridized carbons (Fsp3) is 0. The minimum atomic E-state index is -0.969. The van der Waals surface area contributed by atoms with Gasteiger partial charge in [0.25, 0.3) is 11.6 Å². The van der Waals surface area contributed by atoms with Crippen LogP contribution in [0.25, 0.3) is 11.3 Å². The van der Waals surface area contributed by atoms with Crippen molar-refractivity contribution in [3.8, 4) is 11.3 Å². The molecule has 0 saturated carbocycles. The number of furan rings is 1. The fourth-order valence-electron chi connectivity index (χ4n) is 1.59. The van der Waals surface area contributed by atoms with Gasteiger partial charge in [-0.3, -0.25) is 10.1 Å². The molecule has 0 bridgehead atoms. The number of rotatable bonds is 4. The molecule has 0 spiro atoms. The number of hydrogen-bond donors (Lipinski definition) is 1. The van der Waals surface area contributed by atoms with E-state index in [1.54, 1.807) is 12.1 Å². The molecule has 0 unspecified atom stereocenters. The SMILES string of the molecule is NC(/N=C/c1ccc(-c2cccc([N+](=O)[O-])c2)o1)=N\[N+](=O)[O-]. The van der Waals surface area contributed by atoms with Crippen molar-refractivity contribution in [3.63, 3.8) is 0 Å². The van der Waals surface area contributed by atoms with Crippen molar-refractivity contribution in [2.24, 2.45) is 15.8 Å². The lowest BCUT2D eigenvalue weighted by Gasteiger charge is -1.96. The highest BCUT2D eigenvalue weighted by atomic mass is 16.7. The molecule has 0 aliphatic heterocycles. The Labute approximate surface area is 122 Å². The van der Waals surface area contributed by atoms with Gasteiger partial charge in [0.2, 0.25) is 0 Å². The van der Waals surface area contributed by atoms with Crippen molar-refractivity contribution >= 4 is 17.9 Å². The van der Waals surface area contributed by atoms with Crippen molar-refractivity contribution < 1.29 is 14.4 Å². The van der Waals surface area contributed by atoms with Gasteiger partial charge < -0.3 is 10.2 Å². The molecule has 0 radical (unpaired) electrons. The van der Waals surface area contributed by atoms with Crippen molar-refractivity contribution in [3.05, 3.63) is 62.4 Å². The maximum Gasteiger partial charge on any atom is 0.292 e. The summed E-state index contributed by atoms with van der Waals surface area (Å²) in [7, 11) is 0. The van der Waals surface area contributed by atoms with Gasteiger partial charge in [-0.2, -0.15) is 0 Å². The number of non-ortho nitro benzene ring substituents is 1. The molecule has 0 aliphatic carbocycles. The van der Waals surface area contributed by atoms with Crippen LogP contribution in [0.1, 0.15) is 5.76 Å². The lowest BCUT2D eigenvalue weighted by molar-refractivity contribution is -0.485. The summed E-state index contributed by atoms with van der Waals surface area (Å²) < 4.78 is 5.41. The van der Waals surface area contributed by atoms with Gasteiger partial charge in [0.1, 0.15) is 16.6 Å². The molecule has 1 heterocycles. The van der Waals surface area contributed by atoms with E-state index in [0.29, 0.717) is 11.3 Å². The average Bonchev–Trinajstić information content (AvgIpc) is 2.93. The minimum absolute atomic E-state index is 0.0634. The monoisotopic (exact) mass is 303 g/mol. The first-order valence-electron chi connectivity index (χ1n) is 5.83. The summed E-state index contributed by atoms with van der Waals surface area (Å²) in [4.78, 5) is 23.8. The Kier molecular flexibility index (Phi) is 4.22. The van der Waals surface area contributed by atoms with Crippen LogP contribution in [-0.4, -0.2) is 22.1 Å². The van der Waals surface area contributed by atoms with E-state index in [1.165, 1.54) is 24.3 Å². The number of nitrogens with two attached hydrogens (primary N) is 1. The highest BCUT2D eigenvalue weighted by molar-refractivity contribution is 5.91. The zero-order chi connectivity index (χ0) is 16.1. The van der Waals surface area contributed by atoms with Gasteiger partial charge in [0.05, 0.1) is 11.1 Å². The number of guanidine groups is 1. The van der Waals surface area contributed by atoms with Crippen LogP contribution in [0.2, 0.25) is 0 Å². The Morgan fingerprint density at radius 3 is 2.68 bits per heavy atom. The highest BCUT2D eigenvalue weighted by Gasteiger charge is 2.09. The molecule has 0 amide bonds. The summed E-state index contributed by atoms with van der Waals surface area (Å²) in [6, 6.07) is 9.03. The van der Waals surface area contributed by atoms with E-state index in [1.807, 2.05) is 0 Å². The van der Waals surface area contributed by atoms with Crippen molar-refractivity contribution in [2.75, 3.05) is 0 Å². The number of nitro groups is 2. The highest BCUT2D eigenvalue weighted by Crippen LogP contribution is 2.25. The first-order valence-corrected chi connectivity index (χ1v) is 5.83. The Morgan fingerprint density at radius 2 is 2.00 bits per heavy atom. The molecule has 10 heteroatoms. The van der Waals surface area contributed by atoms with Crippen LogP contribution >= 0.6 is 0 Å². The normalized spacial score (nSPS) is 11.7. The van der Waals surface area contributed by atoms with E-state index in [9.17, 15) is 20.2 Å². The topological polar surface area (TPSA) is 150 Å². The van der Waals surface area contributed by atoms with Crippen LogP contribution in [0.4, 0.5) is 5.69 Å². The van der Waals surface area contributed by atoms with Gasteiger partial charge in [-0.15, -0.1) is 0 Å². The number of aliphatic imine (C=N–C) groups is 1. The average molecular weight is 303 g/mol. The number of nitrogens with zero attached hydrogens (tertiary/aromatic N) is 4. The molecular weight excluding hydrogens is 294 g/mol. The van der Waals surface area contributed by atoms with Gasteiger partial charge in [-0.1, -0.05) is 12.1 Å². The lowest BCUT2D eigenvalue weighted by atomic mass is 10.1. The summed E-state index contributed by atoms with van der Waals surface area (Å²) in [6.45, 7) is 0. The van der Waals surface area contributed by atoms with Crippen LogP contribution < -0.4 is 5.73 Å². The second-order valence-electron chi connectivity index (χ2n) is 3.96. The Balaban J connectivity index is 2.21. The molecule has 2 aromatic rings. The summed E-state index contributed by atoms with van der Waals surface area (Å²) in [5.74, 6) is 0.122. The molecule has 2 rings (SSSR count).